The Labute approximate surface area is 211 Å². The van der Waals surface area contributed by atoms with Crippen LogP contribution >= 0.6 is 11.8 Å². The average molecular weight is 486 g/mol. The Hall–Kier alpha value is -3.12. The molecule has 6 heteroatoms. The molecule has 1 fully saturated rings. The SMILES string of the molecule is Cc1ccc(C(=O)N2Cc3ccccc3C2)c(C2CCN(C(=O)CSCc3ccccc3)CC2)n1. The second-order valence-corrected chi connectivity index (χ2v) is 10.4. The number of pyridine rings is 1. The quantitative estimate of drug-likeness (QED) is 0.482. The summed E-state index contributed by atoms with van der Waals surface area (Å²) in [6.45, 7) is 4.71. The minimum Gasteiger partial charge on any atom is -0.342 e. The van der Waals surface area contributed by atoms with Gasteiger partial charge in [-0.3, -0.25) is 14.6 Å². The van der Waals surface area contributed by atoms with Crippen LogP contribution in [0.4, 0.5) is 0 Å². The maximum absolute atomic E-state index is 13.5. The van der Waals surface area contributed by atoms with Crippen LogP contribution in [-0.2, 0) is 23.6 Å². The van der Waals surface area contributed by atoms with Gasteiger partial charge in [0.15, 0.2) is 0 Å². The van der Waals surface area contributed by atoms with Gasteiger partial charge in [-0.2, -0.15) is 0 Å². The van der Waals surface area contributed by atoms with Crippen LogP contribution in [0.2, 0.25) is 0 Å². The molecule has 5 nitrogen and oxygen atoms in total. The summed E-state index contributed by atoms with van der Waals surface area (Å²) >= 11 is 1.67. The predicted molar refractivity (Wildman–Crippen MR) is 140 cm³/mol. The first-order valence-electron chi connectivity index (χ1n) is 12.3. The zero-order chi connectivity index (χ0) is 24.2. The maximum atomic E-state index is 13.5. The van der Waals surface area contributed by atoms with E-state index in [-0.39, 0.29) is 17.7 Å². The van der Waals surface area contributed by atoms with Crippen LogP contribution in [0.3, 0.4) is 0 Å². The zero-order valence-electron chi connectivity index (χ0n) is 20.2. The largest absolute Gasteiger partial charge is 0.342 e. The molecule has 2 aliphatic heterocycles. The topological polar surface area (TPSA) is 53.5 Å². The Morgan fingerprint density at radius 1 is 0.886 bits per heavy atom. The maximum Gasteiger partial charge on any atom is 0.256 e. The molecule has 0 spiro atoms. The summed E-state index contributed by atoms with van der Waals surface area (Å²) < 4.78 is 0. The second kappa shape index (κ2) is 10.6. The van der Waals surface area contributed by atoms with E-state index in [4.69, 9.17) is 4.98 Å². The van der Waals surface area contributed by atoms with Gasteiger partial charge in [-0.05, 0) is 48.6 Å². The van der Waals surface area contributed by atoms with E-state index in [9.17, 15) is 9.59 Å². The molecule has 5 rings (SSSR count). The molecular weight excluding hydrogens is 454 g/mol. The Bertz CT molecular complexity index is 1180. The van der Waals surface area contributed by atoms with Crippen molar-refractivity contribution >= 4 is 23.6 Å². The number of thioether (sulfide) groups is 1. The number of rotatable bonds is 6. The first kappa shape index (κ1) is 23.6. The van der Waals surface area contributed by atoms with E-state index in [1.165, 1.54) is 16.7 Å². The third-order valence-electron chi connectivity index (χ3n) is 6.99. The van der Waals surface area contributed by atoms with Gasteiger partial charge in [-0.15, -0.1) is 11.8 Å². The molecule has 0 unspecified atom stereocenters. The van der Waals surface area contributed by atoms with Crippen LogP contribution in [0.25, 0.3) is 0 Å². The summed E-state index contributed by atoms with van der Waals surface area (Å²) in [5, 5.41) is 0. The van der Waals surface area contributed by atoms with Gasteiger partial charge in [0, 0.05) is 43.5 Å². The molecule has 1 saturated heterocycles. The molecule has 0 atom stereocenters. The van der Waals surface area contributed by atoms with Crippen LogP contribution in [0.15, 0.2) is 66.7 Å². The van der Waals surface area contributed by atoms with E-state index in [2.05, 4.69) is 24.3 Å². The Kier molecular flexibility index (Phi) is 7.19. The summed E-state index contributed by atoms with van der Waals surface area (Å²) in [4.78, 5) is 35.0. The van der Waals surface area contributed by atoms with Crippen molar-refractivity contribution in [3.63, 3.8) is 0 Å². The molecule has 0 radical (unpaired) electrons. The van der Waals surface area contributed by atoms with E-state index in [0.717, 1.165) is 30.0 Å². The number of likely N-dealkylation sites (tertiary alicyclic amines) is 1. The zero-order valence-corrected chi connectivity index (χ0v) is 21.0. The third kappa shape index (κ3) is 5.43. The number of amides is 2. The number of hydrogen-bond donors (Lipinski definition) is 0. The fourth-order valence-electron chi connectivity index (χ4n) is 5.04. The Morgan fingerprint density at radius 3 is 2.23 bits per heavy atom. The van der Waals surface area contributed by atoms with Gasteiger partial charge in [-0.1, -0.05) is 54.6 Å². The van der Waals surface area contributed by atoms with Crippen molar-refractivity contribution in [2.45, 2.75) is 44.5 Å². The summed E-state index contributed by atoms with van der Waals surface area (Å²) in [5.41, 5.74) is 6.23. The van der Waals surface area contributed by atoms with Crippen molar-refractivity contribution in [2.24, 2.45) is 0 Å². The lowest BCUT2D eigenvalue weighted by molar-refractivity contribution is -0.129. The van der Waals surface area contributed by atoms with E-state index < -0.39 is 0 Å². The molecule has 2 aliphatic rings. The highest BCUT2D eigenvalue weighted by atomic mass is 32.2. The van der Waals surface area contributed by atoms with Crippen LogP contribution in [0, 0.1) is 6.92 Å². The van der Waals surface area contributed by atoms with Crippen LogP contribution in [0.1, 0.15) is 57.2 Å². The Morgan fingerprint density at radius 2 is 1.54 bits per heavy atom. The molecule has 3 heterocycles. The first-order chi connectivity index (χ1) is 17.1. The number of aromatic nitrogens is 1. The van der Waals surface area contributed by atoms with E-state index in [1.54, 1.807) is 11.8 Å². The molecular formula is C29H31N3O2S. The molecule has 1 aromatic heterocycles. The fourth-order valence-corrected chi connectivity index (χ4v) is 5.93. The molecule has 0 bridgehead atoms. The van der Waals surface area contributed by atoms with Gasteiger partial charge in [0.25, 0.3) is 5.91 Å². The van der Waals surface area contributed by atoms with Crippen molar-refractivity contribution in [1.29, 1.82) is 0 Å². The first-order valence-corrected chi connectivity index (χ1v) is 13.5. The molecule has 0 saturated carbocycles. The number of carbonyl (C=O) groups is 2. The molecule has 180 valence electrons. The van der Waals surface area contributed by atoms with Crippen molar-refractivity contribution in [3.05, 3.63) is 100 Å². The highest BCUT2D eigenvalue weighted by Gasteiger charge is 2.31. The molecule has 2 aromatic carbocycles. The molecule has 0 aliphatic carbocycles. The molecule has 3 aromatic rings. The van der Waals surface area contributed by atoms with Gasteiger partial charge in [0.05, 0.1) is 17.0 Å². The highest BCUT2D eigenvalue weighted by molar-refractivity contribution is 7.99. The minimum atomic E-state index is 0.0551. The molecule has 2 amide bonds. The van der Waals surface area contributed by atoms with Gasteiger partial charge < -0.3 is 9.80 Å². The van der Waals surface area contributed by atoms with Gasteiger partial charge in [0.2, 0.25) is 5.91 Å². The number of piperidine rings is 1. The van der Waals surface area contributed by atoms with E-state index in [0.29, 0.717) is 37.5 Å². The summed E-state index contributed by atoms with van der Waals surface area (Å²) in [6, 6.07) is 22.4. The normalized spacial score (nSPS) is 15.8. The lowest BCUT2D eigenvalue weighted by atomic mass is 9.89. The summed E-state index contributed by atoms with van der Waals surface area (Å²) in [7, 11) is 0. The van der Waals surface area contributed by atoms with E-state index >= 15 is 0 Å². The van der Waals surface area contributed by atoms with Crippen LogP contribution < -0.4 is 0 Å². The van der Waals surface area contributed by atoms with Crippen molar-refractivity contribution in [3.8, 4) is 0 Å². The van der Waals surface area contributed by atoms with Crippen LogP contribution in [-0.4, -0.2) is 45.4 Å². The monoisotopic (exact) mass is 485 g/mol. The van der Waals surface area contributed by atoms with Gasteiger partial charge in [0.1, 0.15) is 0 Å². The summed E-state index contributed by atoms with van der Waals surface area (Å²) in [5.74, 6) is 1.80. The number of aryl methyl sites for hydroxylation is 1. The number of hydrogen-bond acceptors (Lipinski definition) is 4. The number of fused-ring (bicyclic) bond motifs is 1. The number of benzene rings is 2. The number of nitrogens with zero attached hydrogens (tertiary/aromatic N) is 3. The number of carbonyl (C=O) groups excluding carboxylic acids is 2. The third-order valence-corrected chi connectivity index (χ3v) is 7.98. The summed E-state index contributed by atoms with van der Waals surface area (Å²) in [6.07, 6.45) is 1.68. The van der Waals surface area contributed by atoms with Gasteiger partial charge >= 0.3 is 0 Å². The second-order valence-electron chi connectivity index (χ2n) is 9.45. The predicted octanol–water partition coefficient (Wildman–Crippen LogP) is 5.19. The fraction of sp³-hybridized carbons (Fsp3) is 0.345. The molecule has 0 N–H and O–H groups in total. The minimum absolute atomic E-state index is 0.0551. The highest BCUT2D eigenvalue weighted by Crippen LogP contribution is 2.32. The van der Waals surface area contributed by atoms with E-state index in [1.807, 2.05) is 59.2 Å². The van der Waals surface area contributed by atoms with Gasteiger partial charge in [-0.25, -0.2) is 0 Å². The standard InChI is InChI=1S/C29H31N3O2S/c1-21-11-12-26(29(34)32-17-24-9-5-6-10-25(24)18-32)28(30-21)23-13-15-31(16-14-23)27(33)20-35-19-22-7-3-2-4-8-22/h2-12,23H,13-20H2,1H3. The van der Waals surface area contributed by atoms with Crippen LogP contribution in [0.5, 0.6) is 0 Å². The molecule has 35 heavy (non-hydrogen) atoms. The Balaban J connectivity index is 1.20. The van der Waals surface area contributed by atoms with Crippen molar-refractivity contribution < 1.29 is 9.59 Å². The smallest absolute Gasteiger partial charge is 0.256 e. The average Bonchev–Trinajstić information content (AvgIpc) is 3.33. The lowest BCUT2D eigenvalue weighted by Crippen LogP contribution is -2.39. The van der Waals surface area contributed by atoms with Crippen molar-refractivity contribution in [2.75, 3.05) is 18.8 Å². The lowest BCUT2D eigenvalue weighted by Gasteiger charge is -2.32. The van der Waals surface area contributed by atoms with Crippen molar-refractivity contribution in [1.82, 2.24) is 14.8 Å².